The predicted molar refractivity (Wildman–Crippen MR) is 72.5 cm³/mol. The fraction of sp³-hybridized carbons (Fsp3) is 0.400. The summed E-state index contributed by atoms with van der Waals surface area (Å²) in [5, 5.41) is 0. The molecule has 1 aromatic rings. The number of halogens is 1. The number of hydrogen-bond acceptors (Lipinski definition) is 4. The van der Waals surface area contributed by atoms with Gasteiger partial charge in [-0.1, -0.05) is 0 Å². The maximum absolute atomic E-state index is 11.7. The summed E-state index contributed by atoms with van der Waals surface area (Å²) in [6.45, 7) is 0.420. The van der Waals surface area contributed by atoms with Gasteiger partial charge in [0.05, 0.1) is 11.4 Å². The van der Waals surface area contributed by atoms with Crippen molar-refractivity contribution in [1.82, 2.24) is 0 Å². The van der Waals surface area contributed by atoms with Crippen molar-refractivity contribution in [2.45, 2.75) is 6.42 Å². The third-order valence-electron chi connectivity index (χ3n) is 2.02. The molecule has 7 heteroatoms. The van der Waals surface area contributed by atoms with Gasteiger partial charge in [0, 0.05) is 23.9 Å². The first-order valence-electron chi connectivity index (χ1n) is 4.99. The molecule has 5 nitrogen and oxygen atoms in total. The molecule has 0 atom stereocenters. The van der Waals surface area contributed by atoms with Crippen molar-refractivity contribution < 1.29 is 13.2 Å². The Morgan fingerprint density at radius 1 is 1.47 bits per heavy atom. The zero-order valence-electron chi connectivity index (χ0n) is 9.44. The summed E-state index contributed by atoms with van der Waals surface area (Å²) >= 11 is 3.25. The number of anilines is 2. The zero-order valence-corrected chi connectivity index (χ0v) is 11.8. The molecule has 1 aromatic carbocycles. The van der Waals surface area contributed by atoms with E-state index in [1.54, 1.807) is 18.2 Å². The third kappa shape index (κ3) is 4.93. The van der Waals surface area contributed by atoms with Gasteiger partial charge in [0.25, 0.3) is 0 Å². The molecular weight excluding hydrogens is 308 g/mol. The van der Waals surface area contributed by atoms with Crippen molar-refractivity contribution in [1.29, 1.82) is 0 Å². The Balaban J connectivity index is 2.69. The Bertz CT molecular complexity index is 476. The molecule has 17 heavy (non-hydrogen) atoms. The lowest BCUT2D eigenvalue weighted by molar-refractivity contribution is 0.199. The van der Waals surface area contributed by atoms with E-state index in [9.17, 15) is 8.42 Å². The highest BCUT2D eigenvalue weighted by Crippen LogP contribution is 2.25. The Labute approximate surface area is 110 Å². The van der Waals surface area contributed by atoms with Gasteiger partial charge < -0.3 is 10.5 Å². The van der Waals surface area contributed by atoms with Gasteiger partial charge in [-0.15, -0.1) is 0 Å². The predicted octanol–water partition coefficient (Wildman–Crippen LogP) is 1.81. The van der Waals surface area contributed by atoms with E-state index >= 15 is 0 Å². The number of ether oxygens (including phenoxy) is 1. The van der Waals surface area contributed by atoms with E-state index in [-0.39, 0.29) is 5.75 Å². The third-order valence-corrected chi connectivity index (χ3v) is 4.03. The molecule has 0 radical (unpaired) electrons. The molecule has 0 aliphatic rings. The molecule has 0 heterocycles. The Hall–Kier alpha value is -0.790. The standard InChI is InChI=1S/C10H15BrN2O3S/c1-16-5-2-6-17(14,15)13-10-4-3-8(12)7-9(10)11/h3-4,7,13H,2,5-6,12H2,1H3. The van der Waals surface area contributed by atoms with Crippen molar-refractivity contribution in [3.63, 3.8) is 0 Å². The summed E-state index contributed by atoms with van der Waals surface area (Å²) in [6, 6.07) is 4.90. The van der Waals surface area contributed by atoms with E-state index < -0.39 is 10.0 Å². The number of hydrogen-bond donors (Lipinski definition) is 2. The molecule has 1 rings (SSSR count). The second-order valence-corrected chi connectivity index (χ2v) is 6.20. The summed E-state index contributed by atoms with van der Waals surface area (Å²) in [7, 11) is -1.80. The van der Waals surface area contributed by atoms with Gasteiger partial charge >= 0.3 is 0 Å². The molecular formula is C10H15BrN2O3S. The van der Waals surface area contributed by atoms with Crippen LogP contribution in [0.15, 0.2) is 22.7 Å². The normalized spacial score (nSPS) is 11.4. The van der Waals surface area contributed by atoms with E-state index in [1.165, 1.54) is 7.11 Å². The fourth-order valence-electron chi connectivity index (χ4n) is 1.23. The van der Waals surface area contributed by atoms with Gasteiger partial charge in [-0.25, -0.2) is 8.42 Å². The van der Waals surface area contributed by atoms with Gasteiger partial charge in [-0.3, -0.25) is 4.72 Å². The van der Waals surface area contributed by atoms with Crippen molar-refractivity contribution in [2.24, 2.45) is 0 Å². The number of rotatable bonds is 6. The van der Waals surface area contributed by atoms with Crippen LogP contribution in [0.2, 0.25) is 0 Å². The number of methoxy groups -OCH3 is 1. The molecule has 0 bridgehead atoms. The van der Waals surface area contributed by atoms with Crippen LogP contribution in [0.3, 0.4) is 0 Å². The molecule has 0 aliphatic carbocycles. The first kappa shape index (κ1) is 14.3. The number of sulfonamides is 1. The second kappa shape index (κ2) is 6.23. The number of nitrogens with one attached hydrogen (secondary N) is 1. The smallest absolute Gasteiger partial charge is 0.232 e. The van der Waals surface area contributed by atoms with Crippen LogP contribution in [0.1, 0.15) is 6.42 Å². The molecule has 0 amide bonds. The van der Waals surface area contributed by atoms with E-state index in [1.807, 2.05) is 0 Å². The average Bonchev–Trinajstić information content (AvgIpc) is 2.22. The topological polar surface area (TPSA) is 81.4 Å². The molecule has 3 N–H and O–H groups in total. The molecule has 0 aliphatic heterocycles. The highest BCUT2D eigenvalue weighted by atomic mass is 79.9. The summed E-state index contributed by atoms with van der Waals surface area (Å²) in [5.74, 6) is 0.0255. The molecule has 0 unspecified atom stereocenters. The first-order valence-corrected chi connectivity index (χ1v) is 7.43. The quantitative estimate of drug-likeness (QED) is 0.618. The lowest BCUT2D eigenvalue weighted by atomic mass is 10.3. The van der Waals surface area contributed by atoms with Crippen molar-refractivity contribution in [3.8, 4) is 0 Å². The van der Waals surface area contributed by atoms with Crippen LogP contribution in [0.4, 0.5) is 11.4 Å². The van der Waals surface area contributed by atoms with Crippen LogP contribution in [0, 0.1) is 0 Å². The van der Waals surface area contributed by atoms with E-state index in [0.29, 0.717) is 28.9 Å². The Morgan fingerprint density at radius 3 is 2.76 bits per heavy atom. The van der Waals surface area contributed by atoms with Crippen LogP contribution < -0.4 is 10.5 Å². The molecule has 0 spiro atoms. The van der Waals surface area contributed by atoms with E-state index in [2.05, 4.69) is 20.7 Å². The number of benzene rings is 1. The highest BCUT2D eigenvalue weighted by Gasteiger charge is 2.11. The molecule has 0 fully saturated rings. The first-order chi connectivity index (χ1) is 7.94. The van der Waals surface area contributed by atoms with Crippen molar-refractivity contribution in [2.75, 3.05) is 29.9 Å². The van der Waals surface area contributed by atoms with Gasteiger partial charge in [0.2, 0.25) is 10.0 Å². The highest BCUT2D eigenvalue weighted by molar-refractivity contribution is 9.10. The SMILES string of the molecule is COCCCS(=O)(=O)Nc1ccc(N)cc1Br. The zero-order chi connectivity index (χ0) is 12.9. The summed E-state index contributed by atoms with van der Waals surface area (Å²) < 4.78 is 31.3. The van der Waals surface area contributed by atoms with E-state index in [4.69, 9.17) is 10.5 Å². The van der Waals surface area contributed by atoms with Gasteiger partial charge in [-0.2, -0.15) is 0 Å². The monoisotopic (exact) mass is 322 g/mol. The van der Waals surface area contributed by atoms with Gasteiger partial charge in [0.1, 0.15) is 0 Å². The molecule has 96 valence electrons. The van der Waals surface area contributed by atoms with Crippen molar-refractivity contribution >= 4 is 37.3 Å². The maximum atomic E-state index is 11.7. The van der Waals surface area contributed by atoms with Crippen molar-refractivity contribution in [3.05, 3.63) is 22.7 Å². The lowest BCUT2D eigenvalue weighted by Gasteiger charge is -2.09. The van der Waals surface area contributed by atoms with Crippen LogP contribution in [0.25, 0.3) is 0 Å². The molecule has 0 saturated heterocycles. The maximum Gasteiger partial charge on any atom is 0.232 e. The summed E-state index contributed by atoms with van der Waals surface area (Å²) in [5.41, 5.74) is 6.62. The Kier molecular flexibility index (Phi) is 5.23. The van der Waals surface area contributed by atoms with Crippen LogP contribution in [0.5, 0.6) is 0 Å². The van der Waals surface area contributed by atoms with Gasteiger partial charge in [0.15, 0.2) is 0 Å². The van der Waals surface area contributed by atoms with Crippen LogP contribution in [-0.4, -0.2) is 27.9 Å². The minimum Gasteiger partial charge on any atom is -0.399 e. The molecule has 0 saturated carbocycles. The number of nitrogens with two attached hydrogens (primary N) is 1. The minimum absolute atomic E-state index is 0.0255. The lowest BCUT2D eigenvalue weighted by Crippen LogP contribution is -2.18. The molecule has 0 aromatic heterocycles. The minimum atomic E-state index is -3.34. The summed E-state index contributed by atoms with van der Waals surface area (Å²) in [4.78, 5) is 0. The number of nitrogen functional groups attached to an aromatic ring is 1. The van der Waals surface area contributed by atoms with Gasteiger partial charge in [-0.05, 0) is 40.5 Å². The largest absolute Gasteiger partial charge is 0.399 e. The fourth-order valence-corrected chi connectivity index (χ4v) is 2.97. The van der Waals surface area contributed by atoms with Crippen LogP contribution >= 0.6 is 15.9 Å². The Morgan fingerprint density at radius 2 is 2.18 bits per heavy atom. The van der Waals surface area contributed by atoms with E-state index in [0.717, 1.165) is 0 Å². The second-order valence-electron chi connectivity index (χ2n) is 3.51. The van der Waals surface area contributed by atoms with Crippen LogP contribution in [-0.2, 0) is 14.8 Å². The average molecular weight is 323 g/mol. The summed E-state index contributed by atoms with van der Waals surface area (Å²) in [6.07, 6.45) is 0.457.